The van der Waals surface area contributed by atoms with Crippen molar-refractivity contribution >= 4 is 46.3 Å². The molecule has 0 aliphatic carbocycles. The highest BCUT2D eigenvalue weighted by atomic mass is 35.5. The zero-order valence-corrected chi connectivity index (χ0v) is 15.2. The molecule has 132 valence electrons. The van der Waals surface area contributed by atoms with Gasteiger partial charge in [0.2, 0.25) is 0 Å². The summed E-state index contributed by atoms with van der Waals surface area (Å²) in [6.07, 6.45) is 0. The van der Waals surface area contributed by atoms with Gasteiger partial charge in [-0.2, -0.15) is 0 Å². The molecule has 0 aliphatic heterocycles. The van der Waals surface area contributed by atoms with E-state index in [1.54, 1.807) is 61.7 Å². The minimum Gasteiger partial charge on any atom is -0.497 e. The maximum atomic E-state index is 12.2. The second kappa shape index (κ2) is 8.03. The third-order valence-electron chi connectivity index (χ3n) is 3.38. The average molecular weight is 389 g/mol. The molecule has 0 saturated carbocycles. The first kappa shape index (κ1) is 18.0. The average Bonchev–Trinajstić information content (AvgIpc) is 2.62. The van der Waals surface area contributed by atoms with Crippen molar-refractivity contribution in [3.05, 3.63) is 70.3 Å². The Morgan fingerprint density at radius 2 is 1.62 bits per heavy atom. The molecule has 0 unspecified atom stereocenters. The number of nitrogens with one attached hydrogen (secondary N) is 2. The summed E-state index contributed by atoms with van der Waals surface area (Å²) in [5.41, 5.74) is 1.50. The fourth-order valence-electron chi connectivity index (χ4n) is 2.16. The third-order valence-corrected chi connectivity index (χ3v) is 3.82. The summed E-state index contributed by atoms with van der Waals surface area (Å²) in [6.45, 7) is 0. The van der Waals surface area contributed by atoms with Crippen LogP contribution in [0, 0.1) is 0 Å². The number of anilines is 3. The van der Waals surface area contributed by atoms with Gasteiger partial charge in [0.05, 0.1) is 7.11 Å². The van der Waals surface area contributed by atoms with Crippen LogP contribution in [0.15, 0.2) is 54.6 Å². The first-order chi connectivity index (χ1) is 12.5. The number of methoxy groups -OCH3 is 1. The van der Waals surface area contributed by atoms with Gasteiger partial charge in [-0.15, -0.1) is 10.2 Å². The summed E-state index contributed by atoms with van der Waals surface area (Å²) in [6, 6.07) is 15.2. The molecule has 0 bridgehead atoms. The lowest BCUT2D eigenvalue weighted by Gasteiger charge is -2.08. The van der Waals surface area contributed by atoms with Crippen LogP contribution in [0.5, 0.6) is 5.75 Å². The Bertz CT molecular complexity index is 895. The van der Waals surface area contributed by atoms with E-state index in [2.05, 4.69) is 20.8 Å². The predicted octanol–water partition coefficient (Wildman–Crippen LogP) is 4.79. The molecule has 3 rings (SSSR count). The van der Waals surface area contributed by atoms with Gasteiger partial charge in [0.25, 0.3) is 5.91 Å². The van der Waals surface area contributed by atoms with Crippen molar-refractivity contribution < 1.29 is 9.53 Å². The maximum absolute atomic E-state index is 12.2. The second-order valence-corrected chi connectivity index (χ2v) is 6.14. The quantitative estimate of drug-likeness (QED) is 0.656. The Morgan fingerprint density at radius 1 is 0.923 bits per heavy atom. The number of carbonyl (C=O) groups is 1. The molecule has 0 aliphatic rings. The predicted molar refractivity (Wildman–Crippen MR) is 103 cm³/mol. The summed E-state index contributed by atoms with van der Waals surface area (Å²) in [5.74, 6) is 0.809. The summed E-state index contributed by atoms with van der Waals surface area (Å²) in [4.78, 5) is 12.2. The number of hydrogen-bond acceptors (Lipinski definition) is 5. The number of benzene rings is 2. The number of nitrogens with zero attached hydrogens (tertiary/aromatic N) is 2. The highest BCUT2D eigenvalue weighted by Crippen LogP contribution is 2.24. The topological polar surface area (TPSA) is 76.1 Å². The van der Waals surface area contributed by atoms with Crippen LogP contribution < -0.4 is 15.4 Å². The zero-order valence-electron chi connectivity index (χ0n) is 13.7. The van der Waals surface area contributed by atoms with E-state index < -0.39 is 0 Å². The summed E-state index contributed by atoms with van der Waals surface area (Å²) in [5, 5.41) is 14.7. The van der Waals surface area contributed by atoms with Gasteiger partial charge < -0.3 is 15.4 Å². The molecular formula is C18H14Cl2N4O2. The van der Waals surface area contributed by atoms with E-state index in [-0.39, 0.29) is 11.6 Å². The highest BCUT2D eigenvalue weighted by Gasteiger charge is 2.09. The lowest BCUT2D eigenvalue weighted by Crippen LogP contribution is -2.14. The lowest BCUT2D eigenvalue weighted by molar-refractivity contribution is 0.102. The number of aromatic nitrogens is 2. The monoisotopic (exact) mass is 388 g/mol. The molecule has 1 heterocycles. The van der Waals surface area contributed by atoms with E-state index in [1.165, 1.54) is 0 Å². The largest absolute Gasteiger partial charge is 0.497 e. The molecular weight excluding hydrogens is 375 g/mol. The molecule has 0 saturated heterocycles. The van der Waals surface area contributed by atoms with Crippen molar-refractivity contribution in [1.82, 2.24) is 10.2 Å². The van der Waals surface area contributed by atoms with Gasteiger partial charge in [-0.05, 0) is 54.6 Å². The lowest BCUT2D eigenvalue weighted by atomic mass is 10.3. The Labute approximate surface area is 160 Å². The molecule has 8 heteroatoms. The van der Waals surface area contributed by atoms with Crippen LogP contribution >= 0.6 is 23.2 Å². The van der Waals surface area contributed by atoms with E-state index in [0.717, 1.165) is 0 Å². The number of hydrogen-bond donors (Lipinski definition) is 2. The molecule has 0 fully saturated rings. The van der Waals surface area contributed by atoms with Gasteiger partial charge in [-0.1, -0.05) is 23.2 Å². The molecule has 1 aromatic heterocycles. The minimum atomic E-state index is -0.361. The van der Waals surface area contributed by atoms with Crippen molar-refractivity contribution in [3.63, 3.8) is 0 Å². The Hall–Kier alpha value is -2.83. The molecule has 0 atom stereocenters. The number of halogens is 2. The molecule has 0 radical (unpaired) electrons. The van der Waals surface area contributed by atoms with Gasteiger partial charge in [0.15, 0.2) is 11.5 Å². The van der Waals surface area contributed by atoms with Crippen LogP contribution in [0.25, 0.3) is 0 Å². The maximum Gasteiger partial charge on any atom is 0.276 e. The van der Waals surface area contributed by atoms with E-state index in [4.69, 9.17) is 27.9 Å². The molecule has 2 N–H and O–H groups in total. The van der Waals surface area contributed by atoms with E-state index >= 15 is 0 Å². The molecule has 26 heavy (non-hydrogen) atoms. The Balaban J connectivity index is 1.67. The van der Waals surface area contributed by atoms with Gasteiger partial charge in [0, 0.05) is 21.4 Å². The smallest absolute Gasteiger partial charge is 0.276 e. The van der Waals surface area contributed by atoms with Crippen molar-refractivity contribution in [2.75, 3.05) is 17.7 Å². The fraction of sp³-hybridized carbons (Fsp3) is 0.0556. The summed E-state index contributed by atoms with van der Waals surface area (Å²) in [7, 11) is 1.58. The van der Waals surface area contributed by atoms with E-state index in [9.17, 15) is 4.79 Å². The van der Waals surface area contributed by atoms with Gasteiger partial charge in [0.1, 0.15) is 5.75 Å². The van der Waals surface area contributed by atoms with E-state index in [1.807, 2.05) is 0 Å². The number of carbonyl (C=O) groups excluding carboxylic acids is 1. The SMILES string of the molecule is COc1ccc(NC(=O)c2ccc(Nc3cc(Cl)cc(Cl)c3)nn2)cc1. The van der Waals surface area contributed by atoms with Crippen LogP contribution in [0.1, 0.15) is 10.5 Å². The van der Waals surface area contributed by atoms with Crippen LogP contribution in [0.2, 0.25) is 10.0 Å². The first-order valence-corrected chi connectivity index (χ1v) is 8.31. The summed E-state index contributed by atoms with van der Waals surface area (Å²) >= 11 is 11.9. The molecule has 0 spiro atoms. The van der Waals surface area contributed by atoms with Crippen LogP contribution in [-0.4, -0.2) is 23.2 Å². The molecule has 6 nitrogen and oxygen atoms in total. The van der Waals surface area contributed by atoms with Crippen molar-refractivity contribution in [3.8, 4) is 5.75 Å². The van der Waals surface area contributed by atoms with E-state index in [0.29, 0.717) is 33.0 Å². The molecule has 3 aromatic rings. The Kier molecular flexibility index (Phi) is 5.55. The second-order valence-electron chi connectivity index (χ2n) is 5.27. The molecule has 1 amide bonds. The van der Waals surface area contributed by atoms with Crippen molar-refractivity contribution in [2.45, 2.75) is 0 Å². The highest BCUT2D eigenvalue weighted by molar-refractivity contribution is 6.35. The minimum absolute atomic E-state index is 0.190. The van der Waals surface area contributed by atoms with Crippen LogP contribution in [0.4, 0.5) is 17.2 Å². The van der Waals surface area contributed by atoms with Gasteiger partial charge >= 0.3 is 0 Å². The number of amides is 1. The van der Waals surface area contributed by atoms with Gasteiger partial charge in [-0.25, -0.2) is 0 Å². The van der Waals surface area contributed by atoms with Gasteiger partial charge in [-0.3, -0.25) is 4.79 Å². The third kappa shape index (κ3) is 4.62. The zero-order chi connectivity index (χ0) is 18.5. The van der Waals surface area contributed by atoms with Crippen molar-refractivity contribution in [2.24, 2.45) is 0 Å². The normalized spacial score (nSPS) is 10.3. The van der Waals surface area contributed by atoms with Crippen LogP contribution in [-0.2, 0) is 0 Å². The van der Waals surface area contributed by atoms with Crippen LogP contribution in [0.3, 0.4) is 0 Å². The molecule has 2 aromatic carbocycles. The first-order valence-electron chi connectivity index (χ1n) is 7.56. The summed E-state index contributed by atoms with van der Waals surface area (Å²) < 4.78 is 5.08. The fourth-order valence-corrected chi connectivity index (χ4v) is 2.69. The number of rotatable bonds is 5. The number of ether oxygens (including phenoxy) is 1. The standard InChI is InChI=1S/C18H14Cl2N4O2/c1-26-15-4-2-13(3-5-15)22-18(25)16-6-7-17(24-23-16)21-14-9-11(19)8-12(20)10-14/h2-10H,1H3,(H,21,24)(H,22,25). The van der Waals surface area contributed by atoms with Crippen molar-refractivity contribution in [1.29, 1.82) is 0 Å². The Morgan fingerprint density at radius 3 is 2.19 bits per heavy atom.